The number of aryl methyl sites for hydroxylation is 1. The molecule has 0 unspecified atom stereocenters. The zero-order valence-electron chi connectivity index (χ0n) is 16.7. The summed E-state index contributed by atoms with van der Waals surface area (Å²) in [7, 11) is 0. The van der Waals surface area contributed by atoms with Gasteiger partial charge in [-0.05, 0) is 36.8 Å². The summed E-state index contributed by atoms with van der Waals surface area (Å²) in [5, 5.41) is 2.92. The average Bonchev–Trinajstić information content (AvgIpc) is 2.76. The van der Waals surface area contributed by atoms with Crippen LogP contribution in [-0.4, -0.2) is 42.0 Å². The molecule has 1 aliphatic rings. The summed E-state index contributed by atoms with van der Waals surface area (Å²) in [6.07, 6.45) is 1.74. The number of pyridine rings is 1. The lowest BCUT2D eigenvalue weighted by Crippen LogP contribution is -2.46. The summed E-state index contributed by atoms with van der Waals surface area (Å²) < 4.78 is 0. The molecule has 3 aromatic rings. The Bertz CT molecular complexity index is 948. The van der Waals surface area contributed by atoms with Crippen molar-refractivity contribution in [3.63, 3.8) is 0 Å². The maximum atomic E-state index is 12.4. The lowest BCUT2D eigenvalue weighted by molar-refractivity contribution is 0.102. The molecule has 0 radical (unpaired) electrons. The van der Waals surface area contributed by atoms with Crippen molar-refractivity contribution in [1.82, 2.24) is 9.88 Å². The minimum atomic E-state index is -0.113. The van der Waals surface area contributed by atoms with Gasteiger partial charge in [-0.15, -0.1) is 0 Å². The van der Waals surface area contributed by atoms with Crippen LogP contribution in [0.3, 0.4) is 0 Å². The molecule has 5 heteroatoms. The topological polar surface area (TPSA) is 48.5 Å². The van der Waals surface area contributed by atoms with Gasteiger partial charge in [0.1, 0.15) is 5.82 Å². The smallest absolute Gasteiger partial charge is 0.255 e. The van der Waals surface area contributed by atoms with Crippen molar-refractivity contribution in [2.75, 3.05) is 36.4 Å². The molecule has 0 aliphatic carbocycles. The van der Waals surface area contributed by atoms with Crippen LogP contribution in [0.5, 0.6) is 0 Å². The van der Waals surface area contributed by atoms with E-state index in [-0.39, 0.29) is 5.91 Å². The van der Waals surface area contributed by atoms with Gasteiger partial charge in [0.15, 0.2) is 0 Å². The van der Waals surface area contributed by atoms with Crippen LogP contribution < -0.4 is 10.2 Å². The Hall–Kier alpha value is -3.18. The molecular weight excluding hydrogens is 360 g/mol. The lowest BCUT2D eigenvalue weighted by atomic mass is 10.1. The summed E-state index contributed by atoms with van der Waals surface area (Å²) in [6, 6.07) is 22.1. The van der Waals surface area contributed by atoms with Gasteiger partial charge in [0.05, 0.1) is 11.9 Å². The molecule has 1 aliphatic heterocycles. The normalized spacial score (nSPS) is 14.6. The highest BCUT2D eigenvalue weighted by Gasteiger charge is 2.18. The van der Waals surface area contributed by atoms with Crippen LogP contribution in [0.2, 0.25) is 0 Å². The number of benzene rings is 2. The number of hydrogen-bond acceptors (Lipinski definition) is 4. The average molecular weight is 386 g/mol. The van der Waals surface area contributed by atoms with Crippen molar-refractivity contribution in [1.29, 1.82) is 0 Å². The van der Waals surface area contributed by atoms with E-state index >= 15 is 0 Å². The van der Waals surface area contributed by atoms with Crippen LogP contribution in [0.4, 0.5) is 11.5 Å². The highest BCUT2D eigenvalue weighted by Crippen LogP contribution is 2.18. The van der Waals surface area contributed by atoms with Crippen LogP contribution in [0.1, 0.15) is 21.5 Å². The molecule has 29 heavy (non-hydrogen) atoms. The number of nitrogens with zero attached hydrogens (tertiary/aromatic N) is 3. The predicted octanol–water partition coefficient (Wildman–Crippen LogP) is 3.96. The van der Waals surface area contributed by atoms with Gasteiger partial charge in [0.25, 0.3) is 5.91 Å². The van der Waals surface area contributed by atoms with E-state index in [1.165, 1.54) is 5.56 Å². The van der Waals surface area contributed by atoms with Crippen LogP contribution >= 0.6 is 0 Å². The van der Waals surface area contributed by atoms with Gasteiger partial charge in [0.2, 0.25) is 0 Å². The molecule has 1 saturated heterocycles. The van der Waals surface area contributed by atoms with Crippen molar-refractivity contribution < 1.29 is 4.79 Å². The van der Waals surface area contributed by atoms with Crippen molar-refractivity contribution in [3.8, 4) is 0 Å². The summed E-state index contributed by atoms with van der Waals surface area (Å²) >= 11 is 0. The van der Waals surface area contributed by atoms with Gasteiger partial charge in [-0.25, -0.2) is 4.98 Å². The maximum Gasteiger partial charge on any atom is 0.255 e. The SMILES string of the molecule is Cc1cccc(C(=O)Nc2ccc(N3CCN(Cc4ccccc4)CC3)nc2)c1. The number of carbonyl (C=O) groups is 1. The molecule has 148 valence electrons. The molecule has 0 saturated carbocycles. The van der Waals surface area contributed by atoms with E-state index in [1.54, 1.807) is 6.20 Å². The molecule has 1 fully saturated rings. The lowest BCUT2D eigenvalue weighted by Gasteiger charge is -2.35. The second-order valence-electron chi connectivity index (χ2n) is 7.48. The fourth-order valence-electron chi connectivity index (χ4n) is 3.61. The number of nitrogens with one attached hydrogen (secondary N) is 1. The molecule has 2 heterocycles. The van der Waals surface area contributed by atoms with E-state index in [9.17, 15) is 4.79 Å². The molecule has 0 atom stereocenters. The minimum Gasteiger partial charge on any atom is -0.354 e. The quantitative estimate of drug-likeness (QED) is 0.721. The zero-order chi connectivity index (χ0) is 20.1. The van der Waals surface area contributed by atoms with Gasteiger partial charge in [0, 0.05) is 38.3 Å². The van der Waals surface area contributed by atoms with Gasteiger partial charge >= 0.3 is 0 Å². The predicted molar refractivity (Wildman–Crippen MR) is 117 cm³/mol. The number of piperazine rings is 1. The summed E-state index contributed by atoms with van der Waals surface area (Å²) in [5.74, 6) is 0.843. The Labute approximate surface area is 172 Å². The van der Waals surface area contributed by atoms with Crippen LogP contribution in [-0.2, 0) is 6.54 Å². The fourth-order valence-corrected chi connectivity index (χ4v) is 3.61. The van der Waals surface area contributed by atoms with E-state index in [2.05, 4.69) is 50.4 Å². The van der Waals surface area contributed by atoms with Crippen LogP contribution in [0.25, 0.3) is 0 Å². The number of hydrogen-bond donors (Lipinski definition) is 1. The Balaban J connectivity index is 1.31. The number of anilines is 2. The number of amides is 1. The van der Waals surface area contributed by atoms with Crippen LogP contribution in [0, 0.1) is 6.92 Å². The summed E-state index contributed by atoms with van der Waals surface area (Å²) in [4.78, 5) is 21.7. The second-order valence-corrected chi connectivity index (χ2v) is 7.48. The minimum absolute atomic E-state index is 0.113. The fraction of sp³-hybridized carbons (Fsp3) is 0.250. The number of carbonyl (C=O) groups excluding carboxylic acids is 1. The Morgan fingerprint density at radius 2 is 1.76 bits per heavy atom. The first-order valence-electron chi connectivity index (χ1n) is 10.0. The van der Waals surface area contributed by atoms with E-state index in [0.29, 0.717) is 11.3 Å². The third kappa shape index (κ3) is 5.00. The maximum absolute atomic E-state index is 12.4. The van der Waals surface area contributed by atoms with Gasteiger partial charge in [-0.3, -0.25) is 9.69 Å². The monoisotopic (exact) mass is 386 g/mol. The highest BCUT2D eigenvalue weighted by molar-refractivity contribution is 6.04. The summed E-state index contributed by atoms with van der Waals surface area (Å²) in [5.41, 5.74) is 3.79. The van der Waals surface area contributed by atoms with Gasteiger partial charge < -0.3 is 10.2 Å². The third-order valence-corrected chi connectivity index (χ3v) is 5.23. The summed E-state index contributed by atoms with van der Waals surface area (Å²) in [6.45, 7) is 6.91. The standard InChI is InChI=1S/C24H26N4O/c1-19-6-5-9-21(16-19)24(29)26-22-10-11-23(25-17-22)28-14-12-27(13-15-28)18-20-7-3-2-4-8-20/h2-11,16-17H,12-15,18H2,1H3,(H,26,29). The first-order chi connectivity index (χ1) is 14.2. The molecule has 1 N–H and O–H groups in total. The largest absolute Gasteiger partial charge is 0.354 e. The third-order valence-electron chi connectivity index (χ3n) is 5.23. The molecule has 0 bridgehead atoms. The van der Waals surface area contributed by atoms with E-state index in [0.717, 1.165) is 44.1 Å². The zero-order valence-corrected chi connectivity index (χ0v) is 16.7. The molecule has 1 aromatic heterocycles. The first kappa shape index (κ1) is 19.2. The second kappa shape index (κ2) is 8.88. The molecular formula is C24H26N4O. The van der Waals surface area contributed by atoms with Crippen molar-refractivity contribution in [2.24, 2.45) is 0 Å². The highest BCUT2D eigenvalue weighted by atomic mass is 16.1. The van der Waals surface area contributed by atoms with E-state index < -0.39 is 0 Å². The van der Waals surface area contributed by atoms with Crippen molar-refractivity contribution in [2.45, 2.75) is 13.5 Å². The number of aromatic nitrogens is 1. The van der Waals surface area contributed by atoms with Crippen molar-refractivity contribution in [3.05, 3.63) is 89.6 Å². The van der Waals surface area contributed by atoms with Gasteiger partial charge in [-0.2, -0.15) is 0 Å². The Morgan fingerprint density at radius 3 is 2.45 bits per heavy atom. The Kier molecular flexibility index (Phi) is 5.86. The Morgan fingerprint density at radius 1 is 0.966 bits per heavy atom. The molecule has 2 aromatic carbocycles. The van der Waals surface area contributed by atoms with Crippen LogP contribution in [0.15, 0.2) is 72.9 Å². The molecule has 5 nitrogen and oxygen atoms in total. The van der Waals surface area contributed by atoms with E-state index in [4.69, 9.17) is 0 Å². The number of rotatable bonds is 5. The molecule has 1 amide bonds. The molecule has 0 spiro atoms. The van der Waals surface area contributed by atoms with E-state index in [1.807, 2.05) is 43.3 Å². The van der Waals surface area contributed by atoms with Gasteiger partial charge in [-0.1, -0.05) is 48.0 Å². The van der Waals surface area contributed by atoms with Crippen molar-refractivity contribution >= 4 is 17.4 Å². The first-order valence-corrected chi connectivity index (χ1v) is 10.0. The molecule has 4 rings (SSSR count).